The zero-order valence-electron chi connectivity index (χ0n) is 9.65. The molecule has 13 heavy (non-hydrogen) atoms. The second kappa shape index (κ2) is 3.80. The minimum Gasteiger partial charge on any atom is -0.504 e. The number of benzene rings is 1. The van der Waals surface area contributed by atoms with Crippen molar-refractivity contribution in [3.05, 3.63) is 23.8 Å². The van der Waals surface area contributed by atoms with Gasteiger partial charge in [0.2, 0.25) is 0 Å². The molecule has 1 aromatic carbocycles. The number of phenols is 1. The van der Waals surface area contributed by atoms with Gasteiger partial charge in [-0.1, -0.05) is 6.07 Å². The van der Waals surface area contributed by atoms with E-state index < -0.39 is 13.0 Å². The lowest BCUT2D eigenvalue weighted by Crippen LogP contribution is -2.00. The van der Waals surface area contributed by atoms with E-state index in [0.717, 1.165) is 0 Å². The Kier molecular flexibility index (Phi) is 1.71. The number of ether oxygens (including phenoxy) is 1. The van der Waals surface area contributed by atoms with Gasteiger partial charge < -0.3 is 14.9 Å². The van der Waals surface area contributed by atoms with E-state index in [1.807, 2.05) is 0 Å². The van der Waals surface area contributed by atoms with Crippen LogP contribution in [0, 0.1) is 0 Å². The Morgan fingerprint density at radius 2 is 2.46 bits per heavy atom. The number of aromatic hydroxyl groups is 1. The minimum atomic E-state index is -2.68. The molecule has 1 rings (SSSR count). The molecule has 0 heterocycles. The monoisotopic (exact) mass is 185 g/mol. The molecule has 70 valence electrons. The summed E-state index contributed by atoms with van der Waals surface area (Å²) in [6.45, 7) is 0. The predicted octanol–water partition coefficient (Wildman–Crippen LogP) is 1.03. The second-order valence-electron chi connectivity index (χ2n) is 2.47. The lowest BCUT2D eigenvalue weighted by Gasteiger charge is -2.04. The Labute approximate surface area is 79.6 Å². The van der Waals surface area contributed by atoms with Crippen molar-refractivity contribution in [1.82, 2.24) is 0 Å². The van der Waals surface area contributed by atoms with Crippen LogP contribution in [0.4, 0.5) is 0 Å². The Balaban J connectivity index is 2.95. The molecule has 0 amide bonds. The van der Waals surface area contributed by atoms with Crippen LogP contribution in [0.5, 0.6) is 11.5 Å². The summed E-state index contributed by atoms with van der Waals surface area (Å²) in [4.78, 5) is 10.4. The normalized spacial score (nSPS) is 14.0. The number of aliphatic carboxylic acids is 1. The molecule has 1 aromatic rings. The molecule has 0 fully saturated rings. The quantitative estimate of drug-likeness (QED) is 0.738. The SMILES string of the molecule is [2H]C([2H])([2H])Oc1cc(CC(=O)O)ccc1O. The number of hydrogen-bond acceptors (Lipinski definition) is 3. The van der Waals surface area contributed by atoms with Crippen molar-refractivity contribution in [2.24, 2.45) is 0 Å². The standard InChI is InChI=1S/C9H10O4/c1-13-8-4-6(5-9(11)12)2-3-7(8)10/h2-4,10H,5H2,1H3,(H,11,12)/i1D3. The Morgan fingerprint density at radius 3 is 3.08 bits per heavy atom. The molecular weight excluding hydrogens is 172 g/mol. The number of phenolic OH excluding ortho intramolecular Hbond substituents is 1. The molecule has 0 aliphatic carbocycles. The van der Waals surface area contributed by atoms with E-state index in [1.54, 1.807) is 0 Å². The molecule has 4 nitrogen and oxygen atoms in total. The van der Waals surface area contributed by atoms with Crippen LogP contribution in [0.1, 0.15) is 9.68 Å². The zero-order valence-corrected chi connectivity index (χ0v) is 6.65. The first-order valence-corrected chi connectivity index (χ1v) is 3.50. The summed E-state index contributed by atoms with van der Waals surface area (Å²) < 4.78 is 25.1. The Bertz CT molecular complexity index is 400. The predicted molar refractivity (Wildman–Crippen MR) is 46.0 cm³/mol. The first-order valence-electron chi connectivity index (χ1n) is 5.00. The summed E-state index contributed by atoms with van der Waals surface area (Å²) >= 11 is 0. The maximum absolute atomic E-state index is 10.4. The van der Waals surface area contributed by atoms with Gasteiger partial charge in [-0.05, 0) is 17.7 Å². The molecule has 0 unspecified atom stereocenters. The van der Waals surface area contributed by atoms with Gasteiger partial charge in [0.25, 0.3) is 0 Å². The molecule has 0 atom stereocenters. The van der Waals surface area contributed by atoms with E-state index in [2.05, 4.69) is 4.74 Å². The van der Waals surface area contributed by atoms with E-state index in [-0.39, 0.29) is 17.9 Å². The summed E-state index contributed by atoms with van der Waals surface area (Å²) in [5.41, 5.74) is 0.351. The third-order valence-corrected chi connectivity index (χ3v) is 1.49. The average molecular weight is 185 g/mol. The summed E-state index contributed by atoms with van der Waals surface area (Å²) in [6, 6.07) is 3.77. The van der Waals surface area contributed by atoms with E-state index in [4.69, 9.17) is 9.22 Å². The number of rotatable bonds is 3. The third kappa shape index (κ3) is 2.37. The van der Waals surface area contributed by atoms with Crippen molar-refractivity contribution in [2.45, 2.75) is 6.42 Å². The lowest BCUT2D eigenvalue weighted by atomic mass is 10.1. The highest BCUT2D eigenvalue weighted by molar-refractivity contribution is 5.70. The van der Waals surface area contributed by atoms with Crippen LogP contribution < -0.4 is 4.74 Å². The van der Waals surface area contributed by atoms with Gasteiger partial charge in [-0.25, -0.2) is 0 Å². The van der Waals surface area contributed by atoms with Crippen molar-refractivity contribution in [1.29, 1.82) is 0 Å². The van der Waals surface area contributed by atoms with E-state index in [9.17, 15) is 9.90 Å². The number of carboxylic acid groups (broad SMARTS) is 1. The summed E-state index contributed by atoms with van der Waals surface area (Å²) in [6.07, 6.45) is -0.266. The van der Waals surface area contributed by atoms with Crippen LogP contribution in [0.15, 0.2) is 18.2 Å². The second-order valence-corrected chi connectivity index (χ2v) is 2.47. The smallest absolute Gasteiger partial charge is 0.307 e. The fourth-order valence-electron chi connectivity index (χ4n) is 0.925. The summed E-state index contributed by atoms with van der Waals surface area (Å²) in [5, 5.41) is 17.9. The van der Waals surface area contributed by atoms with Crippen LogP contribution in [0.2, 0.25) is 0 Å². The Morgan fingerprint density at radius 1 is 1.69 bits per heavy atom. The highest BCUT2D eigenvalue weighted by Crippen LogP contribution is 2.26. The van der Waals surface area contributed by atoms with Gasteiger partial charge in [0, 0.05) is 0 Å². The minimum absolute atomic E-state index is 0.251. The maximum atomic E-state index is 10.4. The van der Waals surface area contributed by atoms with E-state index >= 15 is 0 Å². The van der Waals surface area contributed by atoms with Crippen LogP contribution in [-0.4, -0.2) is 23.2 Å². The van der Waals surface area contributed by atoms with Crippen LogP contribution >= 0.6 is 0 Å². The van der Waals surface area contributed by atoms with Gasteiger partial charge in [-0.15, -0.1) is 0 Å². The van der Waals surface area contributed by atoms with Crippen molar-refractivity contribution in [3.8, 4) is 11.5 Å². The fraction of sp³-hybridized carbons (Fsp3) is 0.222. The van der Waals surface area contributed by atoms with E-state index in [0.29, 0.717) is 5.56 Å². The largest absolute Gasteiger partial charge is 0.504 e. The van der Waals surface area contributed by atoms with Gasteiger partial charge >= 0.3 is 5.97 Å². The molecule has 0 aliphatic heterocycles. The number of carbonyl (C=O) groups is 1. The molecule has 0 aromatic heterocycles. The molecule has 4 heteroatoms. The fourth-order valence-corrected chi connectivity index (χ4v) is 0.925. The third-order valence-electron chi connectivity index (χ3n) is 1.49. The molecule has 0 radical (unpaired) electrons. The first kappa shape index (κ1) is 5.85. The highest BCUT2D eigenvalue weighted by Gasteiger charge is 2.05. The maximum Gasteiger partial charge on any atom is 0.307 e. The van der Waals surface area contributed by atoms with Crippen LogP contribution in [0.3, 0.4) is 0 Å². The van der Waals surface area contributed by atoms with Gasteiger partial charge in [-0.3, -0.25) is 4.79 Å². The number of carboxylic acids is 1. The van der Waals surface area contributed by atoms with Gasteiger partial charge in [0.15, 0.2) is 11.5 Å². The topological polar surface area (TPSA) is 66.8 Å². The van der Waals surface area contributed by atoms with E-state index in [1.165, 1.54) is 18.2 Å². The highest BCUT2D eigenvalue weighted by atomic mass is 16.5. The van der Waals surface area contributed by atoms with Crippen molar-refractivity contribution >= 4 is 5.97 Å². The van der Waals surface area contributed by atoms with Crippen molar-refractivity contribution in [2.75, 3.05) is 7.04 Å². The zero-order chi connectivity index (χ0) is 12.3. The summed E-state index contributed by atoms with van der Waals surface area (Å²) in [7, 11) is -2.68. The van der Waals surface area contributed by atoms with Crippen LogP contribution in [-0.2, 0) is 11.2 Å². The van der Waals surface area contributed by atoms with Gasteiger partial charge in [0.05, 0.1) is 17.6 Å². The Hall–Kier alpha value is -1.71. The molecule has 2 N–H and O–H groups in total. The first-order chi connectivity index (χ1) is 7.28. The molecule has 0 saturated carbocycles. The molecule has 0 saturated heterocycles. The number of hydrogen-bond donors (Lipinski definition) is 2. The van der Waals surface area contributed by atoms with Gasteiger partial charge in [0.1, 0.15) is 0 Å². The van der Waals surface area contributed by atoms with Gasteiger partial charge in [-0.2, -0.15) is 0 Å². The molecule has 0 aliphatic rings. The number of methoxy groups -OCH3 is 1. The molecule has 0 bridgehead atoms. The van der Waals surface area contributed by atoms with Crippen LogP contribution in [0.25, 0.3) is 0 Å². The lowest BCUT2D eigenvalue weighted by molar-refractivity contribution is -0.136. The molecule has 0 spiro atoms. The molecular formula is C9H10O4. The van der Waals surface area contributed by atoms with Crippen molar-refractivity contribution in [3.63, 3.8) is 0 Å². The summed E-state index contributed by atoms with van der Waals surface area (Å²) in [5.74, 6) is -1.64. The average Bonchev–Trinajstić information content (AvgIpc) is 2.07. The van der Waals surface area contributed by atoms with Crippen molar-refractivity contribution < 1.29 is 23.9 Å².